The van der Waals surface area contributed by atoms with E-state index in [4.69, 9.17) is 5.73 Å². The Morgan fingerprint density at radius 1 is 1.33 bits per heavy atom. The lowest BCUT2D eigenvalue weighted by atomic mass is 10.0. The van der Waals surface area contributed by atoms with Crippen LogP contribution in [0, 0.1) is 5.92 Å². The van der Waals surface area contributed by atoms with Gasteiger partial charge in [-0.2, -0.15) is 0 Å². The van der Waals surface area contributed by atoms with Crippen molar-refractivity contribution in [3.63, 3.8) is 0 Å². The predicted octanol–water partition coefficient (Wildman–Crippen LogP) is 1.06. The van der Waals surface area contributed by atoms with Gasteiger partial charge in [-0.05, 0) is 45.2 Å². The Kier molecular flexibility index (Phi) is 5.01. The van der Waals surface area contributed by atoms with E-state index in [1.165, 1.54) is 25.8 Å². The van der Waals surface area contributed by atoms with Gasteiger partial charge in [0.05, 0.1) is 0 Å². The number of amides is 1. The monoisotopic (exact) mass is 253 g/mol. The summed E-state index contributed by atoms with van der Waals surface area (Å²) in [4.78, 5) is 16.3. The predicted molar refractivity (Wildman–Crippen MR) is 73.2 cm³/mol. The first-order valence-corrected chi connectivity index (χ1v) is 7.42. The van der Waals surface area contributed by atoms with Gasteiger partial charge in [-0.15, -0.1) is 0 Å². The second kappa shape index (κ2) is 6.53. The third kappa shape index (κ3) is 3.45. The summed E-state index contributed by atoms with van der Waals surface area (Å²) >= 11 is 0. The minimum absolute atomic E-state index is 0.303. The van der Waals surface area contributed by atoms with E-state index in [1.807, 2.05) is 4.90 Å². The molecule has 0 saturated carbocycles. The maximum atomic E-state index is 11.7. The molecule has 2 aliphatic rings. The van der Waals surface area contributed by atoms with E-state index in [1.54, 1.807) is 0 Å². The van der Waals surface area contributed by atoms with Gasteiger partial charge in [-0.3, -0.25) is 4.79 Å². The maximum Gasteiger partial charge on any atom is 0.222 e. The Hall–Kier alpha value is -0.610. The van der Waals surface area contributed by atoms with E-state index in [-0.39, 0.29) is 0 Å². The van der Waals surface area contributed by atoms with Gasteiger partial charge in [0.2, 0.25) is 5.91 Å². The van der Waals surface area contributed by atoms with Crippen LogP contribution in [0.25, 0.3) is 0 Å². The Labute approximate surface area is 110 Å². The molecule has 104 valence electrons. The number of hydrogen-bond donors (Lipinski definition) is 1. The molecule has 0 aromatic carbocycles. The van der Waals surface area contributed by atoms with Crippen LogP contribution < -0.4 is 5.73 Å². The van der Waals surface area contributed by atoms with Crippen molar-refractivity contribution >= 4 is 5.91 Å². The van der Waals surface area contributed by atoms with E-state index in [0.29, 0.717) is 24.8 Å². The summed E-state index contributed by atoms with van der Waals surface area (Å²) in [7, 11) is 0. The molecule has 18 heavy (non-hydrogen) atoms. The minimum Gasteiger partial charge on any atom is -0.342 e. The van der Waals surface area contributed by atoms with Crippen LogP contribution in [0.15, 0.2) is 0 Å². The van der Waals surface area contributed by atoms with E-state index in [0.717, 1.165) is 32.1 Å². The summed E-state index contributed by atoms with van der Waals surface area (Å²) in [6.45, 7) is 7.14. The summed E-state index contributed by atoms with van der Waals surface area (Å²) < 4.78 is 0. The summed E-state index contributed by atoms with van der Waals surface area (Å²) in [5.41, 5.74) is 5.63. The lowest BCUT2D eigenvalue weighted by molar-refractivity contribution is -0.127. The summed E-state index contributed by atoms with van der Waals surface area (Å²) in [5, 5.41) is 0. The van der Waals surface area contributed by atoms with Gasteiger partial charge in [0, 0.05) is 32.1 Å². The van der Waals surface area contributed by atoms with Gasteiger partial charge in [-0.25, -0.2) is 0 Å². The highest BCUT2D eigenvalue weighted by molar-refractivity contribution is 5.78. The van der Waals surface area contributed by atoms with Crippen molar-refractivity contribution in [3.05, 3.63) is 0 Å². The number of nitrogens with two attached hydrogens (primary N) is 1. The molecule has 2 unspecified atom stereocenters. The third-order valence-corrected chi connectivity index (χ3v) is 4.44. The van der Waals surface area contributed by atoms with Crippen LogP contribution in [0.1, 0.15) is 39.0 Å². The molecule has 4 nitrogen and oxygen atoms in total. The third-order valence-electron chi connectivity index (χ3n) is 4.44. The van der Waals surface area contributed by atoms with Crippen LogP contribution in [0.5, 0.6) is 0 Å². The average molecular weight is 253 g/mol. The summed E-state index contributed by atoms with van der Waals surface area (Å²) in [5.74, 6) is 0.698. The molecule has 2 atom stereocenters. The molecule has 2 aliphatic heterocycles. The molecular weight excluding hydrogens is 226 g/mol. The van der Waals surface area contributed by atoms with Crippen molar-refractivity contribution in [3.8, 4) is 0 Å². The molecule has 2 fully saturated rings. The second-order valence-corrected chi connectivity index (χ2v) is 5.88. The molecular formula is C14H27N3O. The quantitative estimate of drug-likeness (QED) is 0.797. The number of carbonyl (C=O) groups is 1. The van der Waals surface area contributed by atoms with Crippen LogP contribution in [0.2, 0.25) is 0 Å². The van der Waals surface area contributed by atoms with Crippen molar-refractivity contribution in [1.82, 2.24) is 9.80 Å². The molecule has 2 saturated heterocycles. The minimum atomic E-state index is 0.303. The van der Waals surface area contributed by atoms with Crippen LogP contribution in [-0.4, -0.2) is 54.5 Å². The summed E-state index contributed by atoms with van der Waals surface area (Å²) in [6, 6.07) is 0.727. The van der Waals surface area contributed by atoms with Crippen molar-refractivity contribution in [2.75, 3.05) is 32.7 Å². The largest absolute Gasteiger partial charge is 0.342 e. The highest BCUT2D eigenvalue weighted by Crippen LogP contribution is 2.19. The fourth-order valence-corrected chi connectivity index (χ4v) is 3.18. The van der Waals surface area contributed by atoms with Gasteiger partial charge in [0.15, 0.2) is 0 Å². The Bertz CT molecular complexity index is 282. The molecule has 0 aromatic heterocycles. The Morgan fingerprint density at radius 3 is 2.83 bits per heavy atom. The molecule has 0 aromatic rings. The van der Waals surface area contributed by atoms with E-state index < -0.39 is 0 Å². The lowest BCUT2D eigenvalue weighted by Gasteiger charge is -2.33. The highest BCUT2D eigenvalue weighted by atomic mass is 16.2. The van der Waals surface area contributed by atoms with Crippen molar-refractivity contribution < 1.29 is 4.79 Å². The fraction of sp³-hybridized carbons (Fsp3) is 0.929. The molecule has 2 rings (SSSR count). The first kappa shape index (κ1) is 13.8. The lowest BCUT2D eigenvalue weighted by Crippen LogP contribution is -2.39. The zero-order valence-corrected chi connectivity index (χ0v) is 11.6. The summed E-state index contributed by atoms with van der Waals surface area (Å²) in [6.07, 6.45) is 5.81. The van der Waals surface area contributed by atoms with Crippen LogP contribution in [0.3, 0.4) is 0 Å². The van der Waals surface area contributed by atoms with Crippen LogP contribution in [-0.2, 0) is 4.79 Å². The van der Waals surface area contributed by atoms with Gasteiger partial charge < -0.3 is 15.5 Å². The van der Waals surface area contributed by atoms with Gasteiger partial charge in [-0.1, -0.05) is 6.42 Å². The van der Waals surface area contributed by atoms with E-state index in [2.05, 4.69) is 11.8 Å². The van der Waals surface area contributed by atoms with E-state index >= 15 is 0 Å². The number of carbonyl (C=O) groups excluding carboxylic acids is 1. The number of hydrogen-bond acceptors (Lipinski definition) is 3. The molecule has 1 amide bonds. The average Bonchev–Trinajstić information content (AvgIpc) is 2.73. The van der Waals surface area contributed by atoms with Crippen LogP contribution in [0.4, 0.5) is 0 Å². The fourth-order valence-electron chi connectivity index (χ4n) is 3.18. The zero-order chi connectivity index (χ0) is 13.0. The van der Waals surface area contributed by atoms with E-state index in [9.17, 15) is 4.79 Å². The molecule has 4 heteroatoms. The number of piperidine rings is 1. The first-order valence-electron chi connectivity index (χ1n) is 7.42. The van der Waals surface area contributed by atoms with Crippen molar-refractivity contribution in [2.45, 2.75) is 45.1 Å². The van der Waals surface area contributed by atoms with Gasteiger partial charge in [0.25, 0.3) is 0 Å². The van der Waals surface area contributed by atoms with Gasteiger partial charge >= 0.3 is 0 Å². The van der Waals surface area contributed by atoms with Crippen molar-refractivity contribution in [2.24, 2.45) is 11.7 Å². The van der Waals surface area contributed by atoms with Crippen LogP contribution >= 0.6 is 0 Å². The smallest absolute Gasteiger partial charge is 0.222 e. The standard InChI is InChI=1S/C14H27N3O/c1-12-5-2-3-6-16(12)7-4-8-17-11-13(10-15)9-14(17)18/h12-13H,2-11,15H2,1H3. The topological polar surface area (TPSA) is 49.6 Å². The molecule has 0 aliphatic carbocycles. The maximum absolute atomic E-state index is 11.7. The first-order chi connectivity index (χ1) is 8.70. The Morgan fingerprint density at radius 2 is 2.17 bits per heavy atom. The number of nitrogens with zero attached hydrogens (tertiary/aromatic N) is 2. The normalized spacial score (nSPS) is 30.1. The highest BCUT2D eigenvalue weighted by Gasteiger charge is 2.28. The Balaban J connectivity index is 1.67. The molecule has 0 spiro atoms. The SMILES string of the molecule is CC1CCCCN1CCCN1CC(CN)CC1=O. The van der Waals surface area contributed by atoms with Crippen molar-refractivity contribution in [1.29, 1.82) is 0 Å². The zero-order valence-electron chi connectivity index (χ0n) is 11.6. The molecule has 0 radical (unpaired) electrons. The van der Waals surface area contributed by atoms with Gasteiger partial charge in [0.1, 0.15) is 0 Å². The number of rotatable bonds is 5. The second-order valence-electron chi connectivity index (χ2n) is 5.88. The number of likely N-dealkylation sites (tertiary alicyclic amines) is 2. The molecule has 2 N–H and O–H groups in total. The molecule has 2 heterocycles. The molecule has 0 bridgehead atoms.